The minimum absolute atomic E-state index is 0.363. The number of aliphatic imine (C=N–C) groups is 1. The van der Waals surface area contributed by atoms with E-state index in [0.717, 1.165) is 5.71 Å². The van der Waals surface area contributed by atoms with Crippen molar-refractivity contribution in [2.24, 2.45) is 4.99 Å². The highest BCUT2D eigenvalue weighted by Crippen LogP contribution is 1.75. The van der Waals surface area contributed by atoms with Gasteiger partial charge >= 0.3 is 6.03 Å². The van der Waals surface area contributed by atoms with E-state index in [0.29, 0.717) is 0 Å². The van der Waals surface area contributed by atoms with Gasteiger partial charge in [-0.05, 0) is 13.8 Å². The Morgan fingerprint density at radius 3 is 2.33 bits per heavy atom. The van der Waals surface area contributed by atoms with E-state index < -0.39 is 0 Å². The highest BCUT2D eigenvalue weighted by atomic mass is 16.2. The lowest BCUT2D eigenvalue weighted by atomic mass is 10.5. The Kier molecular flexibility index (Phi) is 3.62. The van der Waals surface area contributed by atoms with E-state index in [9.17, 15) is 4.79 Å². The molecule has 2 N–H and O–H groups in total. The SMILES string of the molecule is CNNC(=O)N=C(C)C. The molecular formula is C5H11N3O. The topological polar surface area (TPSA) is 53.5 Å². The second kappa shape index (κ2) is 4.03. The number of carbonyl (C=O) groups is 1. The molecule has 0 saturated carbocycles. The molecule has 0 aliphatic carbocycles. The molecule has 0 heterocycles. The van der Waals surface area contributed by atoms with Crippen LogP contribution in [0.4, 0.5) is 4.79 Å². The van der Waals surface area contributed by atoms with Gasteiger partial charge in [-0.15, -0.1) is 0 Å². The first-order chi connectivity index (χ1) is 4.16. The van der Waals surface area contributed by atoms with Gasteiger partial charge in [-0.25, -0.2) is 15.2 Å². The zero-order valence-corrected chi connectivity index (χ0v) is 5.86. The number of amides is 2. The maximum atomic E-state index is 10.5. The van der Waals surface area contributed by atoms with Gasteiger partial charge in [-0.1, -0.05) is 0 Å². The molecule has 9 heavy (non-hydrogen) atoms. The Labute approximate surface area is 54.3 Å². The molecule has 0 saturated heterocycles. The maximum absolute atomic E-state index is 10.5. The van der Waals surface area contributed by atoms with Gasteiger partial charge < -0.3 is 0 Å². The van der Waals surface area contributed by atoms with Crippen LogP contribution in [0.2, 0.25) is 0 Å². The minimum atomic E-state index is -0.363. The fourth-order valence-electron chi connectivity index (χ4n) is 0.338. The molecule has 0 aliphatic heterocycles. The lowest BCUT2D eigenvalue weighted by Crippen LogP contribution is -2.32. The summed E-state index contributed by atoms with van der Waals surface area (Å²) >= 11 is 0. The van der Waals surface area contributed by atoms with Crippen LogP contribution < -0.4 is 10.9 Å². The lowest BCUT2D eigenvalue weighted by Gasteiger charge is -1.95. The fourth-order valence-corrected chi connectivity index (χ4v) is 0.338. The van der Waals surface area contributed by atoms with Crippen molar-refractivity contribution in [3.8, 4) is 0 Å². The van der Waals surface area contributed by atoms with Gasteiger partial charge in [-0.3, -0.25) is 5.43 Å². The number of urea groups is 1. The highest BCUT2D eigenvalue weighted by molar-refractivity contribution is 5.91. The number of hydrazine groups is 1. The summed E-state index contributed by atoms with van der Waals surface area (Å²) in [6.07, 6.45) is 0. The molecule has 52 valence electrons. The van der Waals surface area contributed by atoms with Crippen molar-refractivity contribution in [2.45, 2.75) is 13.8 Å². The third kappa shape index (κ3) is 4.96. The quantitative estimate of drug-likeness (QED) is 0.395. The third-order valence-corrected chi connectivity index (χ3v) is 0.557. The van der Waals surface area contributed by atoms with Gasteiger partial charge in [0.15, 0.2) is 0 Å². The van der Waals surface area contributed by atoms with Gasteiger partial charge in [0.2, 0.25) is 0 Å². The molecular weight excluding hydrogens is 118 g/mol. The molecule has 0 unspecified atom stereocenters. The first-order valence-electron chi connectivity index (χ1n) is 2.65. The summed E-state index contributed by atoms with van der Waals surface area (Å²) in [6.45, 7) is 3.52. The molecule has 2 amide bonds. The van der Waals surface area contributed by atoms with E-state index in [1.54, 1.807) is 20.9 Å². The van der Waals surface area contributed by atoms with Crippen LogP contribution in [-0.4, -0.2) is 18.8 Å². The van der Waals surface area contributed by atoms with Gasteiger partial charge in [0.1, 0.15) is 0 Å². The van der Waals surface area contributed by atoms with E-state index in [-0.39, 0.29) is 6.03 Å². The molecule has 0 bridgehead atoms. The molecule has 0 rings (SSSR count). The van der Waals surface area contributed by atoms with Crippen LogP contribution in [0.5, 0.6) is 0 Å². The number of hydrogen-bond donors (Lipinski definition) is 2. The molecule has 0 aromatic rings. The standard InChI is InChI=1S/C5H11N3O/c1-4(2)7-5(9)8-6-3/h6H,1-3H3,(H,8,9). The summed E-state index contributed by atoms with van der Waals surface area (Å²) < 4.78 is 0. The number of nitrogens with zero attached hydrogens (tertiary/aromatic N) is 1. The van der Waals surface area contributed by atoms with Gasteiger partial charge in [0.25, 0.3) is 0 Å². The van der Waals surface area contributed by atoms with Crippen molar-refractivity contribution in [1.82, 2.24) is 10.9 Å². The van der Waals surface area contributed by atoms with Crippen molar-refractivity contribution in [2.75, 3.05) is 7.05 Å². The Morgan fingerprint density at radius 2 is 2.00 bits per heavy atom. The second-order valence-electron chi connectivity index (χ2n) is 1.74. The summed E-state index contributed by atoms with van der Waals surface area (Å²) in [5.74, 6) is 0. The second-order valence-corrected chi connectivity index (χ2v) is 1.74. The Hall–Kier alpha value is -0.900. The van der Waals surface area contributed by atoms with Crippen LogP contribution in [-0.2, 0) is 0 Å². The number of nitrogens with one attached hydrogen (secondary N) is 2. The Bertz CT molecular complexity index is 126. The monoisotopic (exact) mass is 129 g/mol. The molecule has 0 aromatic heterocycles. The normalized spacial score (nSPS) is 8.33. The van der Waals surface area contributed by atoms with Crippen LogP contribution in [0.15, 0.2) is 4.99 Å². The van der Waals surface area contributed by atoms with Crippen molar-refractivity contribution in [1.29, 1.82) is 0 Å². The highest BCUT2D eigenvalue weighted by Gasteiger charge is 1.90. The summed E-state index contributed by atoms with van der Waals surface area (Å²) in [6, 6.07) is -0.363. The minimum Gasteiger partial charge on any atom is -0.272 e. The first kappa shape index (κ1) is 8.10. The average molecular weight is 129 g/mol. The van der Waals surface area contributed by atoms with E-state index >= 15 is 0 Å². The molecule has 0 fully saturated rings. The van der Waals surface area contributed by atoms with E-state index in [1.807, 2.05) is 0 Å². The van der Waals surface area contributed by atoms with E-state index in [1.165, 1.54) is 0 Å². The predicted octanol–water partition coefficient (Wildman–Crippen LogP) is 0.311. The van der Waals surface area contributed by atoms with Crippen molar-refractivity contribution < 1.29 is 4.79 Å². The van der Waals surface area contributed by atoms with Crippen molar-refractivity contribution in [3.05, 3.63) is 0 Å². The van der Waals surface area contributed by atoms with Crippen LogP contribution in [0, 0.1) is 0 Å². The third-order valence-electron chi connectivity index (χ3n) is 0.557. The molecule has 0 aromatic carbocycles. The maximum Gasteiger partial charge on any atom is 0.355 e. The van der Waals surface area contributed by atoms with Crippen LogP contribution in [0.3, 0.4) is 0 Å². The molecule has 0 atom stereocenters. The summed E-state index contributed by atoms with van der Waals surface area (Å²) in [5, 5.41) is 0. The van der Waals surface area contributed by atoms with Crippen molar-refractivity contribution >= 4 is 11.7 Å². The summed E-state index contributed by atoms with van der Waals surface area (Å²) in [4.78, 5) is 14.1. The van der Waals surface area contributed by atoms with Gasteiger partial charge in [0.05, 0.1) is 0 Å². The molecule has 4 nitrogen and oxygen atoms in total. The first-order valence-corrected chi connectivity index (χ1v) is 2.65. The van der Waals surface area contributed by atoms with Crippen LogP contribution >= 0.6 is 0 Å². The van der Waals surface area contributed by atoms with Crippen molar-refractivity contribution in [3.63, 3.8) is 0 Å². The molecule has 0 spiro atoms. The summed E-state index contributed by atoms with van der Waals surface area (Å²) in [5.41, 5.74) is 5.51. The fraction of sp³-hybridized carbons (Fsp3) is 0.600. The molecule has 4 heteroatoms. The average Bonchev–Trinajstić information content (AvgIpc) is 1.63. The number of hydrogen-bond acceptors (Lipinski definition) is 2. The molecule has 0 aliphatic rings. The lowest BCUT2D eigenvalue weighted by molar-refractivity contribution is 0.246. The zero-order valence-electron chi connectivity index (χ0n) is 5.86. The number of carbonyl (C=O) groups excluding carboxylic acids is 1. The smallest absolute Gasteiger partial charge is 0.272 e. The largest absolute Gasteiger partial charge is 0.355 e. The zero-order chi connectivity index (χ0) is 7.28. The Balaban J connectivity index is 3.63. The summed E-state index contributed by atoms with van der Waals surface area (Å²) in [7, 11) is 1.61. The van der Waals surface area contributed by atoms with Gasteiger partial charge in [-0.2, -0.15) is 0 Å². The Morgan fingerprint density at radius 1 is 1.44 bits per heavy atom. The van der Waals surface area contributed by atoms with Crippen LogP contribution in [0.25, 0.3) is 0 Å². The van der Waals surface area contributed by atoms with E-state index in [4.69, 9.17) is 0 Å². The predicted molar refractivity (Wildman–Crippen MR) is 36.4 cm³/mol. The van der Waals surface area contributed by atoms with Gasteiger partial charge in [0, 0.05) is 12.8 Å². The van der Waals surface area contributed by atoms with Crippen LogP contribution in [0.1, 0.15) is 13.8 Å². The van der Waals surface area contributed by atoms with E-state index in [2.05, 4.69) is 15.8 Å². The number of rotatable bonds is 1. The molecule has 0 radical (unpaired) electrons.